The highest BCUT2D eigenvalue weighted by molar-refractivity contribution is 5.27. The van der Waals surface area contributed by atoms with E-state index in [0.29, 0.717) is 12.5 Å². The molecule has 0 spiro atoms. The molecule has 4 heteroatoms. The Balaban J connectivity index is 2.33. The molecule has 0 aliphatic carbocycles. The second-order valence-corrected chi connectivity index (χ2v) is 4.99. The first kappa shape index (κ1) is 16.0. The number of methoxy groups -OCH3 is 1. The van der Waals surface area contributed by atoms with Crippen LogP contribution in [0.3, 0.4) is 0 Å². The molecule has 0 saturated carbocycles. The SMILES string of the molecule is COCCC(C)C(CCOc1cccc(C)c1)NN. The molecule has 0 aromatic heterocycles. The number of hydrazine groups is 1. The molecule has 0 radical (unpaired) electrons. The molecule has 1 aromatic rings. The average molecular weight is 266 g/mol. The van der Waals surface area contributed by atoms with E-state index in [1.54, 1.807) is 7.11 Å². The monoisotopic (exact) mass is 266 g/mol. The Kier molecular flexibility index (Phi) is 7.48. The zero-order valence-corrected chi connectivity index (χ0v) is 12.2. The van der Waals surface area contributed by atoms with Gasteiger partial charge >= 0.3 is 0 Å². The van der Waals surface area contributed by atoms with Crippen LogP contribution in [0.15, 0.2) is 24.3 Å². The van der Waals surface area contributed by atoms with Gasteiger partial charge in [0, 0.05) is 19.8 Å². The first-order chi connectivity index (χ1) is 9.17. The summed E-state index contributed by atoms with van der Waals surface area (Å²) in [5.74, 6) is 6.98. The second-order valence-electron chi connectivity index (χ2n) is 4.99. The van der Waals surface area contributed by atoms with Gasteiger partial charge in [-0.2, -0.15) is 0 Å². The van der Waals surface area contributed by atoms with Gasteiger partial charge in [-0.15, -0.1) is 0 Å². The van der Waals surface area contributed by atoms with E-state index in [2.05, 4.69) is 25.3 Å². The van der Waals surface area contributed by atoms with Crippen LogP contribution in [0.1, 0.15) is 25.3 Å². The van der Waals surface area contributed by atoms with Crippen LogP contribution in [0.5, 0.6) is 5.75 Å². The van der Waals surface area contributed by atoms with Crippen molar-refractivity contribution in [1.82, 2.24) is 5.43 Å². The largest absolute Gasteiger partial charge is 0.494 e. The van der Waals surface area contributed by atoms with E-state index in [1.165, 1.54) is 5.56 Å². The van der Waals surface area contributed by atoms with Gasteiger partial charge < -0.3 is 9.47 Å². The third kappa shape index (κ3) is 6.05. The Morgan fingerprint density at radius 3 is 2.68 bits per heavy atom. The molecule has 2 atom stereocenters. The minimum atomic E-state index is 0.250. The highest BCUT2D eigenvalue weighted by Gasteiger charge is 2.15. The molecule has 3 N–H and O–H groups in total. The van der Waals surface area contributed by atoms with E-state index in [0.717, 1.165) is 25.2 Å². The van der Waals surface area contributed by atoms with Crippen LogP contribution in [0.25, 0.3) is 0 Å². The molecule has 0 amide bonds. The average Bonchev–Trinajstić information content (AvgIpc) is 2.41. The Bertz CT molecular complexity index is 358. The van der Waals surface area contributed by atoms with E-state index in [1.807, 2.05) is 18.2 Å². The van der Waals surface area contributed by atoms with Gasteiger partial charge in [-0.05, 0) is 43.4 Å². The molecule has 1 rings (SSSR count). The third-order valence-corrected chi connectivity index (χ3v) is 3.37. The second kappa shape index (κ2) is 8.91. The number of hydrogen-bond donors (Lipinski definition) is 2. The molecule has 0 aliphatic heterocycles. The Hall–Kier alpha value is -1.10. The van der Waals surface area contributed by atoms with Crippen LogP contribution in [-0.2, 0) is 4.74 Å². The molecule has 0 heterocycles. The van der Waals surface area contributed by atoms with Crippen molar-refractivity contribution in [3.05, 3.63) is 29.8 Å². The maximum absolute atomic E-state index is 5.75. The van der Waals surface area contributed by atoms with Crippen LogP contribution in [0.2, 0.25) is 0 Å². The summed E-state index contributed by atoms with van der Waals surface area (Å²) in [6.45, 7) is 5.66. The van der Waals surface area contributed by atoms with E-state index < -0.39 is 0 Å². The van der Waals surface area contributed by atoms with E-state index in [4.69, 9.17) is 15.3 Å². The van der Waals surface area contributed by atoms with Crippen LogP contribution in [-0.4, -0.2) is 26.4 Å². The zero-order chi connectivity index (χ0) is 14.1. The van der Waals surface area contributed by atoms with E-state index in [9.17, 15) is 0 Å². The number of nitrogens with one attached hydrogen (secondary N) is 1. The minimum Gasteiger partial charge on any atom is -0.494 e. The Labute approximate surface area is 116 Å². The fourth-order valence-corrected chi connectivity index (χ4v) is 2.05. The molecule has 108 valence electrons. The van der Waals surface area contributed by atoms with Crippen LogP contribution in [0, 0.1) is 12.8 Å². The van der Waals surface area contributed by atoms with Gasteiger partial charge in [-0.1, -0.05) is 19.1 Å². The van der Waals surface area contributed by atoms with Crippen molar-refractivity contribution in [2.45, 2.75) is 32.7 Å². The smallest absolute Gasteiger partial charge is 0.119 e. The molecular formula is C15H26N2O2. The number of nitrogens with two attached hydrogens (primary N) is 1. The van der Waals surface area contributed by atoms with Gasteiger partial charge in [0.25, 0.3) is 0 Å². The molecule has 19 heavy (non-hydrogen) atoms. The molecule has 0 bridgehead atoms. The number of aryl methyl sites for hydroxylation is 1. The minimum absolute atomic E-state index is 0.250. The molecule has 4 nitrogen and oxygen atoms in total. The summed E-state index contributed by atoms with van der Waals surface area (Å²) >= 11 is 0. The van der Waals surface area contributed by atoms with Crippen molar-refractivity contribution < 1.29 is 9.47 Å². The first-order valence-corrected chi connectivity index (χ1v) is 6.82. The molecule has 0 fully saturated rings. The lowest BCUT2D eigenvalue weighted by atomic mass is 9.97. The fraction of sp³-hybridized carbons (Fsp3) is 0.600. The number of hydrogen-bond acceptors (Lipinski definition) is 4. The number of rotatable bonds is 9. The quantitative estimate of drug-likeness (QED) is 0.532. The highest BCUT2D eigenvalue weighted by atomic mass is 16.5. The van der Waals surface area contributed by atoms with Crippen LogP contribution >= 0.6 is 0 Å². The van der Waals surface area contributed by atoms with Gasteiger partial charge in [0.15, 0.2) is 0 Å². The maximum Gasteiger partial charge on any atom is 0.119 e. The first-order valence-electron chi connectivity index (χ1n) is 6.82. The predicted octanol–water partition coefficient (Wildman–Crippen LogP) is 2.27. The lowest BCUT2D eigenvalue weighted by molar-refractivity contribution is 0.163. The summed E-state index contributed by atoms with van der Waals surface area (Å²) in [6, 6.07) is 8.33. The summed E-state index contributed by atoms with van der Waals surface area (Å²) < 4.78 is 10.8. The molecule has 0 aliphatic rings. The van der Waals surface area contributed by atoms with Gasteiger partial charge in [0.2, 0.25) is 0 Å². The maximum atomic E-state index is 5.75. The zero-order valence-electron chi connectivity index (χ0n) is 12.2. The van der Waals surface area contributed by atoms with Crippen molar-refractivity contribution >= 4 is 0 Å². The highest BCUT2D eigenvalue weighted by Crippen LogP contribution is 2.15. The lowest BCUT2D eigenvalue weighted by Crippen LogP contribution is -2.41. The normalized spacial score (nSPS) is 14.1. The summed E-state index contributed by atoms with van der Waals surface area (Å²) in [5, 5.41) is 0. The van der Waals surface area contributed by atoms with Crippen molar-refractivity contribution in [3.8, 4) is 5.75 Å². The Morgan fingerprint density at radius 2 is 2.05 bits per heavy atom. The topological polar surface area (TPSA) is 56.5 Å². The summed E-state index contributed by atoms with van der Waals surface area (Å²) in [6.07, 6.45) is 1.88. The predicted molar refractivity (Wildman–Crippen MR) is 78.1 cm³/mol. The van der Waals surface area contributed by atoms with Crippen molar-refractivity contribution in [3.63, 3.8) is 0 Å². The van der Waals surface area contributed by atoms with Gasteiger partial charge in [-0.25, -0.2) is 0 Å². The molecule has 1 aromatic carbocycles. The number of ether oxygens (including phenoxy) is 2. The summed E-state index contributed by atoms with van der Waals surface area (Å²) in [4.78, 5) is 0. The summed E-state index contributed by atoms with van der Waals surface area (Å²) in [5.41, 5.74) is 4.08. The van der Waals surface area contributed by atoms with Crippen LogP contribution < -0.4 is 16.0 Å². The van der Waals surface area contributed by atoms with Crippen molar-refractivity contribution in [2.24, 2.45) is 11.8 Å². The van der Waals surface area contributed by atoms with Crippen molar-refractivity contribution in [2.75, 3.05) is 20.3 Å². The fourth-order valence-electron chi connectivity index (χ4n) is 2.05. The Morgan fingerprint density at radius 1 is 1.26 bits per heavy atom. The van der Waals surface area contributed by atoms with Crippen molar-refractivity contribution in [1.29, 1.82) is 0 Å². The molecule has 0 saturated heterocycles. The van der Waals surface area contributed by atoms with Crippen LogP contribution in [0.4, 0.5) is 0 Å². The standard InChI is InChI=1S/C15H26N2O2/c1-12-5-4-6-14(11-12)19-10-8-15(17-16)13(2)7-9-18-3/h4-6,11,13,15,17H,7-10,16H2,1-3H3. The molecular weight excluding hydrogens is 240 g/mol. The third-order valence-electron chi connectivity index (χ3n) is 3.37. The van der Waals surface area contributed by atoms with Gasteiger partial charge in [0.1, 0.15) is 5.75 Å². The molecule has 2 unspecified atom stereocenters. The summed E-state index contributed by atoms with van der Waals surface area (Å²) in [7, 11) is 1.72. The van der Waals surface area contributed by atoms with Gasteiger partial charge in [0.05, 0.1) is 6.61 Å². The number of benzene rings is 1. The lowest BCUT2D eigenvalue weighted by Gasteiger charge is -2.23. The van der Waals surface area contributed by atoms with E-state index >= 15 is 0 Å². The van der Waals surface area contributed by atoms with Gasteiger partial charge in [-0.3, -0.25) is 11.3 Å². The van der Waals surface area contributed by atoms with E-state index in [-0.39, 0.29) is 6.04 Å².